The van der Waals surface area contributed by atoms with Gasteiger partial charge in [0, 0.05) is 6.04 Å². The maximum Gasteiger partial charge on any atom is 0.277 e. The van der Waals surface area contributed by atoms with Gasteiger partial charge in [-0.05, 0) is 23.3 Å². The van der Waals surface area contributed by atoms with Gasteiger partial charge in [0.15, 0.2) is 0 Å². The van der Waals surface area contributed by atoms with Gasteiger partial charge in [0.05, 0.1) is 6.01 Å². The third-order valence-electron chi connectivity index (χ3n) is 2.98. The van der Waals surface area contributed by atoms with E-state index in [9.17, 15) is 5.11 Å². The average molecular weight is 234 g/mol. The van der Waals surface area contributed by atoms with Crippen LogP contribution in [0.3, 0.4) is 0 Å². The Morgan fingerprint density at radius 2 is 2.00 bits per heavy atom. The third kappa shape index (κ3) is 1.97. The molecule has 8 nitrogen and oxygen atoms in total. The zero-order valence-electron chi connectivity index (χ0n) is 9.20. The van der Waals surface area contributed by atoms with Gasteiger partial charge in [0.25, 0.3) is 5.78 Å². The second kappa shape index (κ2) is 4.11. The first kappa shape index (κ1) is 10.2. The largest absolute Gasteiger partial charge is 0.844 e. The molecule has 0 amide bonds. The van der Waals surface area contributed by atoms with Gasteiger partial charge < -0.3 is 10.4 Å². The van der Waals surface area contributed by atoms with Gasteiger partial charge in [0.2, 0.25) is 5.95 Å². The Morgan fingerprint density at radius 1 is 1.18 bits per heavy atom. The normalized spacial score (nSPS) is 17.4. The maximum absolute atomic E-state index is 11.5. The highest BCUT2D eigenvalue weighted by atomic mass is 16.3. The molecule has 2 aromatic heterocycles. The summed E-state index contributed by atoms with van der Waals surface area (Å²) in [5, 5.41) is 25.2. The summed E-state index contributed by atoms with van der Waals surface area (Å²) in [5.41, 5.74) is 0. The van der Waals surface area contributed by atoms with Gasteiger partial charge >= 0.3 is 0 Å². The Hall–Kier alpha value is -1.99. The van der Waals surface area contributed by atoms with Crippen LogP contribution in [-0.4, -0.2) is 36.1 Å². The standard InChI is InChI=1S/C9H13N7O/c17-9-12-7(10-6-4-2-1-3-5-6)11-8-13-14-15-16(8)9/h6H,1-5H2,(H2,10,11,12,13,15,17)/p-1. The number of fused-ring (bicyclic) bond motifs is 1. The minimum atomic E-state index is -0.502. The molecular weight excluding hydrogens is 222 g/mol. The number of anilines is 1. The van der Waals surface area contributed by atoms with Gasteiger partial charge in [-0.3, -0.25) is 0 Å². The zero-order valence-corrected chi connectivity index (χ0v) is 9.20. The van der Waals surface area contributed by atoms with Crippen molar-refractivity contribution >= 4 is 11.7 Å². The highest BCUT2D eigenvalue weighted by Crippen LogP contribution is 2.20. The third-order valence-corrected chi connectivity index (χ3v) is 2.98. The topological polar surface area (TPSA) is 104 Å². The summed E-state index contributed by atoms with van der Waals surface area (Å²) in [6, 6.07) is -0.153. The van der Waals surface area contributed by atoms with Crippen LogP contribution in [0.2, 0.25) is 0 Å². The lowest BCUT2D eigenvalue weighted by Crippen LogP contribution is -2.24. The van der Waals surface area contributed by atoms with Crippen molar-refractivity contribution in [2.45, 2.75) is 38.1 Å². The molecular formula is C9H12N7O-. The molecule has 0 spiro atoms. The van der Waals surface area contributed by atoms with E-state index in [1.165, 1.54) is 19.3 Å². The Labute approximate surface area is 97.1 Å². The fraction of sp³-hybridized carbons (Fsp3) is 0.667. The summed E-state index contributed by atoms with van der Waals surface area (Å²) in [5.74, 6) is 0.507. The van der Waals surface area contributed by atoms with E-state index in [0.29, 0.717) is 12.0 Å². The fourth-order valence-electron chi connectivity index (χ4n) is 2.13. The molecule has 0 unspecified atom stereocenters. The molecule has 1 aliphatic carbocycles. The maximum atomic E-state index is 11.5. The first-order chi connectivity index (χ1) is 8.33. The molecule has 2 aromatic rings. The lowest BCUT2D eigenvalue weighted by Gasteiger charge is -2.23. The number of hydrogen-bond acceptors (Lipinski definition) is 7. The van der Waals surface area contributed by atoms with Crippen molar-refractivity contribution in [3.8, 4) is 6.01 Å². The molecule has 0 radical (unpaired) electrons. The van der Waals surface area contributed by atoms with Gasteiger partial charge in [0.1, 0.15) is 0 Å². The van der Waals surface area contributed by atoms with Crippen molar-refractivity contribution in [1.29, 1.82) is 0 Å². The number of aromatic nitrogens is 6. The Balaban J connectivity index is 1.84. The van der Waals surface area contributed by atoms with Crippen LogP contribution in [0.4, 0.5) is 5.95 Å². The first-order valence-electron chi connectivity index (χ1n) is 5.72. The van der Waals surface area contributed by atoms with E-state index in [1.807, 2.05) is 0 Å². The van der Waals surface area contributed by atoms with Gasteiger partial charge in [-0.25, -0.2) is 4.98 Å². The van der Waals surface area contributed by atoms with E-state index in [-0.39, 0.29) is 5.78 Å². The summed E-state index contributed by atoms with van der Waals surface area (Å²) >= 11 is 0. The molecule has 1 saturated carbocycles. The first-order valence-corrected chi connectivity index (χ1v) is 5.72. The monoisotopic (exact) mass is 234 g/mol. The van der Waals surface area contributed by atoms with Gasteiger partial charge in [-0.1, -0.05) is 24.4 Å². The van der Waals surface area contributed by atoms with Crippen molar-refractivity contribution in [2.24, 2.45) is 0 Å². The predicted molar refractivity (Wildman–Crippen MR) is 56.3 cm³/mol. The van der Waals surface area contributed by atoms with E-state index in [0.717, 1.165) is 17.4 Å². The van der Waals surface area contributed by atoms with Gasteiger partial charge in [-0.2, -0.15) is 9.50 Å². The second-order valence-electron chi connectivity index (χ2n) is 4.20. The van der Waals surface area contributed by atoms with Crippen LogP contribution in [0, 0.1) is 0 Å². The lowest BCUT2D eigenvalue weighted by atomic mass is 9.96. The van der Waals surface area contributed by atoms with E-state index >= 15 is 0 Å². The van der Waals surface area contributed by atoms with Crippen molar-refractivity contribution in [2.75, 3.05) is 5.32 Å². The smallest absolute Gasteiger partial charge is 0.277 e. The van der Waals surface area contributed by atoms with E-state index < -0.39 is 6.01 Å². The average Bonchev–Trinajstić information content (AvgIpc) is 2.79. The summed E-state index contributed by atoms with van der Waals surface area (Å²) in [6.45, 7) is 0. The lowest BCUT2D eigenvalue weighted by molar-refractivity contribution is -0.284. The molecule has 17 heavy (non-hydrogen) atoms. The van der Waals surface area contributed by atoms with Crippen molar-refractivity contribution in [3.63, 3.8) is 0 Å². The Morgan fingerprint density at radius 3 is 2.82 bits per heavy atom. The molecule has 0 aromatic carbocycles. The van der Waals surface area contributed by atoms with E-state index in [2.05, 4.69) is 30.8 Å². The molecule has 1 N–H and O–H groups in total. The molecule has 90 valence electrons. The van der Waals surface area contributed by atoms with Crippen LogP contribution in [-0.2, 0) is 0 Å². The van der Waals surface area contributed by atoms with Crippen LogP contribution in [0.1, 0.15) is 32.1 Å². The molecule has 0 saturated heterocycles. The Bertz CT molecular complexity index is 519. The summed E-state index contributed by atoms with van der Waals surface area (Å²) in [7, 11) is 0. The molecule has 0 bridgehead atoms. The highest BCUT2D eigenvalue weighted by Gasteiger charge is 2.14. The minimum absolute atomic E-state index is 0.184. The SMILES string of the molecule is [O-]c1nc(NC2CCCCC2)nc2nnnn12. The molecule has 1 aliphatic rings. The number of nitrogens with zero attached hydrogens (tertiary/aromatic N) is 6. The van der Waals surface area contributed by atoms with Crippen molar-refractivity contribution < 1.29 is 5.11 Å². The number of rotatable bonds is 2. The van der Waals surface area contributed by atoms with Crippen LogP contribution >= 0.6 is 0 Å². The van der Waals surface area contributed by atoms with E-state index in [1.54, 1.807) is 0 Å². The molecule has 8 heteroatoms. The number of tetrazole rings is 1. The minimum Gasteiger partial charge on any atom is -0.844 e. The summed E-state index contributed by atoms with van der Waals surface area (Å²) in [6.07, 6.45) is 5.87. The molecule has 0 atom stereocenters. The number of hydrogen-bond donors (Lipinski definition) is 1. The van der Waals surface area contributed by atoms with Crippen LogP contribution in [0.15, 0.2) is 0 Å². The van der Waals surface area contributed by atoms with Crippen molar-refractivity contribution in [3.05, 3.63) is 0 Å². The molecule has 1 fully saturated rings. The summed E-state index contributed by atoms with van der Waals surface area (Å²) in [4.78, 5) is 7.91. The van der Waals surface area contributed by atoms with E-state index in [4.69, 9.17) is 0 Å². The highest BCUT2D eigenvalue weighted by molar-refractivity contribution is 5.36. The predicted octanol–water partition coefficient (Wildman–Crippen LogP) is -0.268. The molecule has 0 aliphatic heterocycles. The fourth-order valence-corrected chi connectivity index (χ4v) is 2.13. The summed E-state index contributed by atoms with van der Waals surface area (Å²) < 4.78 is 0.978. The molecule has 3 rings (SSSR count). The number of nitrogens with one attached hydrogen (secondary N) is 1. The Kier molecular flexibility index (Phi) is 2.46. The van der Waals surface area contributed by atoms with Gasteiger partial charge in [-0.15, -0.1) is 0 Å². The quantitative estimate of drug-likeness (QED) is 0.762. The van der Waals surface area contributed by atoms with Crippen LogP contribution < -0.4 is 10.4 Å². The zero-order chi connectivity index (χ0) is 11.7. The second-order valence-corrected chi connectivity index (χ2v) is 4.20. The van der Waals surface area contributed by atoms with Crippen molar-refractivity contribution in [1.82, 2.24) is 30.0 Å². The molecule has 2 heterocycles. The van der Waals surface area contributed by atoms with Crippen LogP contribution in [0.25, 0.3) is 5.78 Å². The van der Waals surface area contributed by atoms with Crippen LogP contribution in [0.5, 0.6) is 6.01 Å².